The molecule has 0 saturated carbocycles. The number of rotatable bonds is 5. The average Bonchev–Trinajstić information content (AvgIpc) is 3.16. The van der Waals surface area contributed by atoms with Gasteiger partial charge in [0.25, 0.3) is 0 Å². The minimum Gasteiger partial charge on any atom is -0.495 e. The molecule has 2 aliphatic heterocycles. The fourth-order valence-electron chi connectivity index (χ4n) is 5.94. The Morgan fingerprint density at radius 3 is 2.51 bits per heavy atom. The molecule has 3 aromatic rings. The second-order valence-corrected chi connectivity index (χ2v) is 10.4. The Bertz CT molecular complexity index is 1400. The lowest BCUT2D eigenvalue weighted by Crippen LogP contribution is -2.44. The van der Waals surface area contributed by atoms with Crippen molar-refractivity contribution in [1.29, 1.82) is 5.26 Å². The van der Waals surface area contributed by atoms with Gasteiger partial charge in [0.1, 0.15) is 17.4 Å². The highest BCUT2D eigenvalue weighted by molar-refractivity contribution is 5.94. The first-order valence-corrected chi connectivity index (χ1v) is 12.9. The van der Waals surface area contributed by atoms with Crippen LogP contribution < -0.4 is 15.0 Å². The number of ether oxygens (including phenoxy) is 1. The Labute approximate surface area is 218 Å². The Balaban J connectivity index is 1.49. The van der Waals surface area contributed by atoms with Gasteiger partial charge in [0.2, 0.25) is 5.91 Å². The van der Waals surface area contributed by atoms with Crippen LogP contribution in [-0.2, 0) is 4.79 Å². The Hall–Kier alpha value is -3.86. The molecule has 1 N–H and O–H groups in total. The van der Waals surface area contributed by atoms with Gasteiger partial charge in [-0.2, -0.15) is 5.26 Å². The highest BCUT2D eigenvalue weighted by Crippen LogP contribution is 2.44. The molecule has 0 bridgehead atoms. The number of piperidine rings is 1. The molecule has 1 atom stereocenters. The monoisotopic (exact) mass is 498 g/mol. The maximum atomic E-state index is 12.8. The van der Waals surface area contributed by atoms with Crippen LogP contribution in [0.2, 0.25) is 0 Å². The number of likely N-dealkylation sites (tertiary alicyclic amines) is 1. The van der Waals surface area contributed by atoms with Crippen molar-refractivity contribution >= 4 is 28.3 Å². The van der Waals surface area contributed by atoms with Crippen LogP contribution in [0.1, 0.15) is 54.7 Å². The van der Waals surface area contributed by atoms with E-state index in [-0.39, 0.29) is 17.4 Å². The number of nitrogens with zero attached hydrogens (tertiary/aromatic N) is 5. The van der Waals surface area contributed by atoms with E-state index in [0.717, 1.165) is 78.2 Å². The SMILES string of the molecule is COc1cc2nc(C)nc(N[C@H](C)c3cccc(C#N)c3C)c2cc1N1CCC2(CCN(C)C2=O)CC1. The van der Waals surface area contributed by atoms with Gasteiger partial charge < -0.3 is 19.9 Å². The third-order valence-electron chi connectivity index (χ3n) is 8.21. The van der Waals surface area contributed by atoms with E-state index in [0.29, 0.717) is 11.4 Å². The van der Waals surface area contributed by atoms with Crippen LogP contribution in [-0.4, -0.2) is 54.6 Å². The van der Waals surface area contributed by atoms with E-state index in [2.05, 4.69) is 34.3 Å². The van der Waals surface area contributed by atoms with Gasteiger partial charge in [-0.3, -0.25) is 4.79 Å². The maximum Gasteiger partial charge on any atom is 0.228 e. The minimum absolute atomic E-state index is 0.0587. The van der Waals surface area contributed by atoms with E-state index in [1.54, 1.807) is 7.11 Å². The number of hydrogen-bond donors (Lipinski definition) is 1. The number of nitriles is 1. The van der Waals surface area contributed by atoms with Crippen molar-refractivity contribution in [1.82, 2.24) is 14.9 Å². The molecular weight excluding hydrogens is 464 g/mol. The number of fused-ring (bicyclic) bond motifs is 1. The van der Waals surface area contributed by atoms with E-state index >= 15 is 0 Å². The van der Waals surface area contributed by atoms with E-state index in [1.807, 2.05) is 50.1 Å². The molecule has 0 radical (unpaired) electrons. The number of aromatic nitrogens is 2. The van der Waals surface area contributed by atoms with Crippen LogP contribution >= 0.6 is 0 Å². The number of carbonyl (C=O) groups is 1. The van der Waals surface area contributed by atoms with Crippen molar-refractivity contribution in [2.75, 3.05) is 44.0 Å². The summed E-state index contributed by atoms with van der Waals surface area (Å²) in [6.45, 7) is 8.39. The topological polar surface area (TPSA) is 94.4 Å². The third-order valence-corrected chi connectivity index (χ3v) is 8.21. The second kappa shape index (κ2) is 9.55. The fraction of sp³-hybridized carbons (Fsp3) is 0.448. The van der Waals surface area contributed by atoms with Gasteiger partial charge in [0.15, 0.2) is 0 Å². The molecule has 8 heteroatoms. The lowest BCUT2D eigenvalue weighted by atomic mass is 9.77. The number of nitrogens with one attached hydrogen (secondary N) is 1. The zero-order valence-corrected chi connectivity index (χ0v) is 22.3. The quantitative estimate of drug-likeness (QED) is 0.542. The largest absolute Gasteiger partial charge is 0.495 e. The second-order valence-electron chi connectivity index (χ2n) is 10.4. The minimum atomic E-state index is -0.215. The van der Waals surface area contributed by atoms with Crippen LogP contribution in [0, 0.1) is 30.6 Å². The van der Waals surface area contributed by atoms with Gasteiger partial charge in [-0.1, -0.05) is 12.1 Å². The molecular formula is C29H34N6O2. The van der Waals surface area contributed by atoms with E-state index in [9.17, 15) is 10.1 Å². The summed E-state index contributed by atoms with van der Waals surface area (Å²) in [5.74, 6) is 2.48. The first-order valence-electron chi connectivity index (χ1n) is 12.9. The van der Waals surface area contributed by atoms with Crippen LogP contribution in [0.4, 0.5) is 11.5 Å². The molecule has 2 aliphatic rings. The van der Waals surface area contributed by atoms with Gasteiger partial charge in [0.05, 0.1) is 41.4 Å². The highest BCUT2D eigenvalue weighted by atomic mass is 16.5. The van der Waals surface area contributed by atoms with Gasteiger partial charge in [-0.15, -0.1) is 0 Å². The summed E-state index contributed by atoms with van der Waals surface area (Å²) in [4.78, 5) is 26.5. The van der Waals surface area contributed by atoms with E-state index in [4.69, 9.17) is 9.72 Å². The zero-order chi connectivity index (χ0) is 26.3. The smallest absolute Gasteiger partial charge is 0.228 e. The summed E-state index contributed by atoms with van der Waals surface area (Å²) >= 11 is 0. The molecule has 1 amide bonds. The molecule has 8 nitrogen and oxygen atoms in total. The van der Waals surface area contributed by atoms with Crippen molar-refractivity contribution in [3.05, 3.63) is 52.8 Å². The van der Waals surface area contributed by atoms with Crippen molar-refractivity contribution in [3.63, 3.8) is 0 Å². The van der Waals surface area contributed by atoms with Gasteiger partial charge >= 0.3 is 0 Å². The number of amides is 1. The van der Waals surface area contributed by atoms with Gasteiger partial charge in [-0.05, 0) is 63.3 Å². The summed E-state index contributed by atoms with van der Waals surface area (Å²) < 4.78 is 5.80. The standard InChI is InChI=1S/C29H34N6O2/c1-18-21(17-30)7-6-8-22(18)19(2)31-27-23-15-25(26(37-5)16-24(23)32-20(3)33-27)35-13-10-29(11-14-35)9-12-34(4)28(29)36/h6-8,15-16,19H,9-14H2,1-5H3,(H,31,32,33)/t19-/m1/s1. The molecule has 3 heterocycles. The van der Waals surface area contributed by atoms with E-state index < -0.39 is 0 Å². The van der Waals surface area contributed by atoms with E-state index in [1.165, 1.54) is 0 Å². The number of carbonyl (C=O) groups excluding carboxylic acids is 1. The predicted octanol–water partition coefficient (Wildman–Crippen LogP) is 4.75. The van der Waals surface area contributed by atoms with Crippen molar-refractivity contribution in [3.8, 4) is 11.8 Å². The van der Waals surface area contributed by atoms with Crippen molar-refractivity contribution in [2.24, 2.45) is 5.41 Å². The van der Waals surface area contributed by atoms with Crippen molar-refractivity contribution < 1.29 is 9.53 Å². The lowest BCUT2D eigenvalue weighted by Gasteiger charge is -2.39. The first-order chi connectivity index (χ1) is 17.8. The highest BCUT2D eigenvalue weighted by Gasteiger charge is 2.47. The summed E-state index contributed by atoms with van der Waals surface area (Å²) in [6, 6.07) is 12.1. The number of aryl methyl sites for hydroxylation is 1. The molecule has 2 aromatic carbocycles. The molecule has 37 heavy (non-hydrogen) atoms. The number of hydrogen-bond acceptors (Lipinski definition) is 7. The maximum absolute atomic E-state index is 12.8. The molecule has 1 spiro atoms. The summed E-state index contributed by atoms with van der Waals surface area (Å²) in [5, 5.41) is 14.0. The number of methoxy groups -OCH3 is 1. The van der Waals surface area contributed by atoms with Crippen molar-refractivity contribution in [2.45, 2.75) is 46.1 Å². The van der Waals surface area contributed by atoms with Crippen LogP contribution in [0.5, 0.6) is 5.75 Å². The number of benzene rings is 2. The molecule has 1 aromatic heterocycles. The number of anilines is 2. The summed E-state index contributed by atoms with van der Waals surface area (Å²) in [6.07, 6.45) is 2.63. The van der Waals surface area contributed by atoms with Crippen LogP contribution in [0.25, 0.3) is 10.9 Å². The summed E-state index contributed by atoms with van der Waals surface area (Å²) in [5.41, 5.74) is 4.30. The molecule has 2 fully saturated rings. The third kappa shape index (κ3) is 4.33. The first kappa shape index (κ1) is 24.8. The van der Waals surface area contributed by atoms with Crippen LogP contribution in [0.3, 0.4) is 0 Å². The Morgan fingerprint density at radius 1 is 1.14 bits per heavy atom. The Morgan fingerprint density at radius 2 is 1.86 bits per heavy atom. The molecule has 0 aliphatic carbocycles. The zero-order valence-electron chi connectivity index (χ0n) is 22.3. The van der Waals surface area contributed by atoms with Crippen LogP contribution in [0.15, 0.2) is 30.3 Å². The molecule has 5 rings (SSSR count). The van der Waals surface area contributed by atoms with Gasteiger partial charge in [-0.25, -0.2) is 9.97 Å². The molecule has 2 saturated heterocycles. The Kier molecular flexibility index (Phi) is 6.40. The average molecular weight is 499 g/mol. The fourth-order valence-corrected chi connectivity index (χ4v) is 5.94. The normalized spacial score (nSPS) is 17.8. The predicted molar refractivity (Wildman–Crippen MR) is 145 cm³/mol. The molecule has 0 unspecified atom stereocenters. The lowest BCUT2D eigenvalue weighted by molar-refractivity contribution is -0.135. The summed E-state index contributed by atoms with van der Waals surface area (Å²) in [7, 11) is 3.59. The molecule has 192 valence electrons. The van der Waals surface area contributed by atoms with Gasteiger partial charge in [0, 0.05) is 38.1 Å².